The number of nitrogens with one attached hydrogen (secondary N) is 1. The van der Waals surface area contributed by atoms with E-state index in [0.717, 1.165) is 16.7 Å². The van der Waals surface area contributed by atoms with Gasteiger partial charge in [-0.05, 0) is 73.9 Å². The van der Waals surface area contributed by atoms with E-state index in [1.54, 1.807) is 19.2 Å². The molecule has 234 valence electrons. The molecule has 0 saturated carbocycles. The highest BCUT2D eigenvalue weighted by molar-refractivity contribution is 8.15. The molecule has 0 spiro atoms. The van der Waals surface area contributed by atoms with Gasteiger partial charge in [0.15, 0.2) is 11.0 Å². The summed E-state index contributed by atoms with van der Waals surface area (Å²) >= 11 is 1.20. The normalized spacial score (nSPS) is 15.0. The van der Waals surface area contributed by atoms with Crippen LogP contribution in [0.4, 0.5) is 29.3 Å². The van der Waals surface area contributed by atoms with Crippen molar-refractivity contribution in [2.24, 2.45) is 4.99 Å². The van der Waals surface area contributed by atoms with Gasteiger partial charge in [-0.15, -0.1) is 13.2 Å². The Hall–Kier alpha value is -4.69. The minimum Gasteiger partial charge on any atom is -0.406 e. The number of nitrogens with zero attached hydrogens (tertiary/aromatic N) is 5. The summed E-state index contributed by atoms with van der Waals surface area (Å²) in [5.41, 5.74) is 4.48. The fraction of sp³-hybridized carbons (Fsp3) is 0.258. The Morgan fingerprint density at radius 1 is 1.09 bits per heavy atom. The number of benzene rings is 3. The first kappa shape index (κ1) is 31.7. The minimum absolute atomic E-state index is 0.168. The number of carbonyl (C=O) groups excluding carboxylic acids is 2. The highest BCUT2D eigenvalue weighted by atomic mass is 32.2. The van der Waals surface area contributed by atoms with Crippen LogP contribution in [-0.4, -0.2) is 51.1 Å². The van der Waals surface area contributed by atoms with Crippen LogP contribution in [0.3, 0.4) is 0 Å². The lowest BCUT2D eigenvalue weighted by Gasteiger charge is -2.23. The average molecular weight is 639 g/mol. The summed E-state index contributed by atoms with van der Waals surface area (Å²) in [6.07, 6.45) is -2.39. The van der Waals surface area contributed by atoms with Crippen molar-refractivity contribution >= 4 is 40.2 Å². The summed E-state index contributed by atoms with van der Waals surface area (Å²) in [6.45, 7) is 3.82. The average Bonchev–Trinajstić information content (AvgIpc) is 3.62. The van der Waals surface area contributed by atoms with E-state index in [-0.39, 0.29) is 23.5 Å². The molecule has 1 aromatic heterocycles. The molecule has 1 unspecified atom stereocenters. The summed E-state index contributed by atoms with van der Waals surface area (Å²) in [7, 11) is 1.60. The molecule has 1 atom stereocenters. The number of urea groups is 1. The Morgan fingerprint density at radius 3 is 2.51 bits per heavy atom. The zero-order chi connectivity index (χ0) is 32.1. The zero-order valence-corrected chi connectivity index (χ0v) is 25.4. The van der Waals surface area contributed by atoms with Crippen molar-refractivity contribution in [1.82, 2.24) is 14.8 Å². The first-order valence-electron chi connectivity index (χ1n) is 13.8. The van der Waals surface area contributed by atoms with E-state index >= 15 is 0 Å². The molecule has 10 nitrogen and oxygen atoms in total. The van der Waals surface area contributed by atoms with Gasteiger partial charge in [-0.2, -0.15) is 10.1 Å². The molecule has 2 heterocycles. The third kappa shape index (κ3) is 8.08. The minimum atomic E-state index is -4.76. The predicted molar refractivity (Wildman–Crippen MR) is 165 cm³/mol. The van der Waals surface area contributed by atoms with Crippen LogP contribution in [0.25, 0.3) is 5.69 Å². The molecule has 1 N–H and O–H groups in total. The number of halogens is 3. The van der Waals surface area contributed by atoms with Crippen LogP contribution in [0.2, 0.25) is 0 Å². The smallest absolute Gasteiger partial charge is 0.406 e. The topological polar surface area (TPSA) is 111 Å². The number of thioether (sulfide) groups is 1. The molecule has 45 heavy (non-hydrogen) atoms. The molecule has 3 aromatic carbocycles. The van der Waals surface area contributed by atoms with Crippen molar-refractivity contribution in [3.8, 4) is 11.4 Å². The maximum atomic E-state index is 12.8. The number of aryl methyl sites for hydroxylation is 3. The first-order chi connectivity index (χ1) is 21.5. The third-order valence-electron chi connectivity index (χ3n) is 6.90. The summed E-state index contributed by atoms with van der Waals surface area (Å²) in [6, 6.07) is 17.7. The summed E-state index contributed by atoms with van der Waals surface area (Å²) in [5.74, 6) is 0.246. The lowest BCUT2D eigenvalue weighted by atomic mass is 10.0. The molecular weight excluding hydrogens is 609 g/mol. The molecular formula is C31H29F3N6O4S. The van der Waals surface area contributed by atoms with Crippen molar-refractivity contribution < 1.29 is 32.2 Å². The Morgan fingerprint density at radius 2 is 1.82 bits per heavy atom. The lowest BCUT2D eigenvalue weighted by molar-refractivity contribution is -0.274. The number of aliphatic imine (C=N–C) groups is 1. The highest BCUT2D eigenvalue weighted by Gasteiger charge is 2.33. The number of ether oxygens (including phenoxy) is 2. The van der Waals surface area contributed by atoms with Gasteiger partial charge in [0.2, 0.25) is 5.91 Å². The van der Waals surface area contributed by atoms with Crippen LogP contribution in [0, 0.1) is 6.92 Å². The number of alkyl halides is 3. The predicted octanol–water partition coefficient (Wildman–Crippen LogP) is 6.63. The molecule has 1 saturated heterocycles. The second-order valence-corrected chi connectivity index (χ2v) is 11.1. The third-order valence-corrected chi connectivity index (χ3v) is 7.82. The van der Waals surface area contributed by atoms with Gasteiger partial charge in [0.1, 0.15) is 12.1 Å². The first-order valence-corrected chi connectivity index (χ1v) is 14.8. The maximum Gasteiger partial charge on any atom is 0.573 e. The summed E-state index contributed by atoms with van der Waals surface area (Å²) < 4.78 is 48.0. The van der Waals surface area contributed by atoms with Crippen LogP contribution in [0.5, 0.6) is 5.75 Å². The fourth-order valence-electron chi connectivity index (χ4n) is 4.59. The van der Waals surface area contributed by atoms with E-state index < -0.39 is 12.4 Å². The molecule has 0 aliphatic carbocycles. The van der Waals surface area contributed by atoms with Crippen molar-refractivity contribution in [3.05, 3.63) is 95.6 Å². The molecule has 1 fully saturated rings. The van der Waals surface area contributed by atoms with E-state index in [2.05, 4.69) is 25.1 Å². The van der Waals surface area contributed by atoms with Gasteiger partial charge in [0, 0.05) is 24.8 Å². The lowest BCUT2D eigenvalue weighted by Crippen LogP contribution is -2.31. The van der Waals surface area contributed by atoms with Crippen LogP contribution < -0.4 is 15.0 Å². The number of hydrogen-bond donors (Lipinski definition) is 1. The van der Waals surface area contributed by atoms with Crippen LogP contribution in [0.15, 0.2) is 78.0 Å². The molecule has 1 aliphatic rings. The van der Waals surface area contributed by atoms with Crippen LogP contribution in [-0.2, 0) is 22.4 Å². The molecule has 1 aliphatic heterocycles. The van der Waals surface area contributed by atoms with Crippen LogP contribution >= 0.6 is 11.8 Å². The molecule has 3 amide bonds. The van der Waals surface area contributed by atoms with E-state index in [1.165, 1.54) is 51.9 Å². The number of carbonyl (C=O) groups is 2. The van der Waals surface area contributed by atoms with E-state index in [9.17, 15) is 22.8 Å². The van der Waals surface area contributed by atoms with Crippen molar-refractivity contribution in [3.63, 3.8) is 0 Å². The van der Waals surface area contributed by atoms with E-state index in [0.29, 0.717) is 40.9 Å². The van der Waals surface area contributed by atoms with Gasteiger partial charge >= 0.3 is 12.4 Å². The number of aromatic nitrogens is 3. The van der Waals surface area contributed by atoms with Gasteiger partial charge in [-0.3, -0.25) is 9.69 Å². The van der Waals surface area contributed by atoms with Gasteiger partial charge in [0.05, 0.1) is 23.2 Å². The fourth-order valence-corrected chi connectivity index (χ4v) is 5.44. The van der Waals surface area contributed by atoms with Crippen molar-refractivity contribution in [2.75, 3.05) is 23.1 Å². The molecule has 0 radical (unpaired) electrons. The van der Waals surface area contributed by atoms with Gasteiger partial charge in [-0.25, -0.2) is 14.5 Å². The SMILES string of the molecule is COC(C)c1ccc(C)cc1N1C(=O)CS/C1=N\C(=O)Nc1ccc(CCc2ncn(-c3ccc(OC(F)(F)F)cc3)n2)cc1. The number of hydrogen-bond acceptors (Lipinski definition) is 7. The maximum absolute atomic E-state index is 12.8. The van der Waals surface area contributed by atoms with Gasteiger partial charge < -0.3 is 14.8 Å². The number of amidine groups is 1. The standard InChI is InChI=1S/C31H29F3N6O4S/c1-19-4-14-25(20(2)43-3)26(16-19)40-28(41)17-45-30(40)37-29(42)36-22-8-5-21(6-9-22)7-15-27-35-18-39(38-27)23-10-12-24(13-11-23)44-31(32,33)34/h4-6,8-14,16,18,20H,7,15,17H2,1-3H3,(H,36,42)/b37-30-. The Balaban J connectivity index is 1.18. The van der Waals surface area contributed by atoms with E-state index in [1.807, 2.05) is 44.2 Å². The van der Waals surface area contributed by atoms with E-state index in [4.69, 9.17) is 4.74 Å². The molecule has 4 aromatic rings. The molecule has 0 bridgehead atoms. The largest absolute Gasteiger partial charge is 0.573 e. The summed E-state index contributed by atoms with van der Waals surface area (Å²) in [5, 5.41) is 7.44. The van der Waals surface area contributed by atoms with Gasteiger partial charge in [-0.1, -0.05) is 36.0 Å². The quantitative estimate of drug-likeness (QED) is 0.219. The summed E-state index contributed by atoms with van der Waals surface area (Å²) in [4.78, 5) is 35.6. The van der Waals surface area contributed by atoms with Crippen molar-refractivity contribution in [2.45, 2.75) is 39.2 Å². The number of methoxy groups -OCH3 is 1. The Labute approximate surface area is 261 Å². The van der Waals surface area contributed by atoms with Gasteiger partial charge in [0.25, 0.3) is 0 Å². The monoisotopic (exact) mass is 638 g/mol. The molecule has 14 heteroatoms. The second kappa shape index (κ2) is 13.5. The Kier molecular flexibility index (Phi) is 9.54. The number of rotatable bonds is 9. The zero-order valence-electron chi connectivity index (χ0n) is 24.5. The Bertz CT molecular complexity index is 1710. The highest BCUT2D eigenvalue weighted by Crippen LogP contribution is 2.34. The van der Waals surface area contributed by atoms with Crippen molar-refractivity contribution in [1.29, 1.82) is 0 Å². The number of amides is 3. The molecule has 5 rings (SSSR count). The second-order valence-electron chi connectivity index (χ2n) is 10.1. The number of anilines is 2. The van der Waals surface area contributed by atoms with Crippen LogP contribution in [0.1, 0.15) is 35.5 Å².